The molecule has 0 aliphatic carbocycles. The Labute approximate surface area is 190 Å². The van der Waals surface area contributed by atoms with E-state index in [2.05, 4.69) is 54.8 Å². The first-order valence-corrected chi connectivity index (χ1v) is 11.2. The summed E-state index contributed by atoms with van der Waals surface area (Å²) in [6, 6.07) is 20.7. The molecule has 0 saturated carbocycles. The van der Waals surface area contributed by atoms with Crippen molar-refractivity contribution in [2.75, 3.05) is 19.8 Å². The molecule has 0 amide bonds. The van der Waals surface area contributed by atoms with Gasteiger partial charge in [0.1, 0.15) is 12.4 Å². The lowest BCUT2D eigenvalue weighted by Crippen LogP contribution is -2.28. The van der Waals surface area contributed by atoms with E-state index in [4.69, 9.17) is 14.2 Å². The van der Waals surface area contributed by atoms with Gasteiger partial charge in [-0.15, -0.1) is 0 Å². The number of ether oxygens (including phenoxy) is 3. The van der Waals surface area contributed by atoms with E-state index in [1.165, 1.54) is 22.5 Å². The SMILES string of the molecule is CCOC(=O)C(Cc1ccc(OCCn2c(C)ccc2-c2cccc(C)c2)cc1)OCC. The van der Waals surface area contributed by atoms with Gasteiger partial charge in [0, 0.05) is 24.4 Å². The maximum Gasteiger partial charge on any atom is 0.335 e. The van der Waals surface area contributed by atoms with Crippen molar-refractivity contribution in [2.24, 2.45) is 0 Å². The van der Waals surface area contributed by atoms with Gasteiger partial charge >= 0.3 is 5.97 Å². The van der Waals surface area contributed by atoms with E-state index in [1.807, 2.05) is 31.2 Å². The molecule has 0 N–H and O–H groups in total. The van der Waals surface area contributed by atoms with Crippen LogP contribution in [0.3, 0.4) is 0 Å². The van der Waals surface area contributed by atoms with Crippen LogP contribution in [0.15, 0.2) is 60.7 Å². The molecule has 5 heteroatoms. The van der Waals surface area contributed by atoms with Crippen molar-refractivity contribution in [3.05, 3.63) is 77.5 Å². The van der Waals surface area contributed by atoms with E-state index >= 15 is 0 Å². The number of rotatable bonds is 11. The Balaban J connectivity index is 1.58. The summed E-state index contributed by atoms with van der Waals surface area (Å²) in [7, 11) is 0. The number of nitrogens with zero attached hydrogens (tertiary/aromatic N) is 1. The quantitative estimate of drug-likeness (QED) is 0.380. The molecule has 170 valence electrons. The second kappa shape index (κ2) is 11.5. The van der Waals surface area contributed by atoms with E-state index in [0.29, 0.717) is 26.2 Å². The van der Waals surface area contributed by atoms with Gasteiger partial charge in [-0.1, -0.05) is 35.9 Å². The molecule has 1 atom stereocenters. The Hall–Kier alpha value is -3.05. The van der Waals surface area contributed by atoms with Crippen LogP contribution in [0.25, 0.3) is 11.3 Å². The predicted octanol–water partition coefficient (Wildman–Crippen LogP) is 5.36. The molecule has 0 aliphatic rings. The molecule has 0 fully saturated rings. The van der Waals surface area contributed by atoms with Crippen LogP contribution in [0.4, 0.5) is 0 Å². The van der Waals surface area contributed by atoms with Crippen LogP contribution in [-0.4, -0.2) is 36.5 Å². The average Bonchev–Trinajstić information content (AvgIpc) is 3.15. The molecule has 0 saturated heterocycles. The molecule has 2 aromatic carbocycles. The zero-order chi connectivity index (χ0) is 22.9. The minimum Gasteiger partial charge on any atom is -0.492 e. The van der Waals surface area contributed by atoms with Gasteiger partial charge in [-0.3, -0.25) is 0 Å². The van der Waals surface area contributed by atoms with Gasteiger partial charge in [-0.2, -0.15) is 0 Å². The Morgan fingerprint density at radius 2 is 1.75 bits per heavy atom. The van der Waals surface area contributed by atoms with E-state index < -0.39 is 6.10 Å². The van der Waals surface area contributed by atoms with Crippen molar-refractivity contribution in [2.45, 2.75) is 46.8 Å². The zero-order valence-electron chi connectivity index (χ0n) is 19.5. The molecular formula is C27H33NO4. The highest BCUT2D eigenvalue weighted by molar-refractivity contribution is 5.75. The van der Waals surface area contributed by atoms with Crippen molar-refractivity contribution >= 4 is 5.97 Å². The second-order valence-corrected chi connectivity index (χ2v) is 7.77. The minimum absolute atomic E-state index is 0.318. The standard InChI is InChI=1S/C27H33NO4/c1-5-30-26(27(29)31-6-2)19-22-11-13-24(14-12-22)32-17-16-28-21(4)10-15-25(28)23-9-7-8-20(3)18-23/h7-15,18,26H,5-6,16-17,19H2,1-4H3. The summed E-state index contributed by atoms with van der Waals surface area (Å²) in [5.74, 6) is 0.487. The number of esters is 1. The molecule has 0 spiro atoms. The summed E-state index contributed by atoms with van der Waals surface area (Å²) in [5.41, 5.74) is 5.88. The average molecular weight is 436 g/mol. The number of carbonyl (C=O) groups is 1. The molecule has 3 rings (SSSR count). The lowest BCUT2D eigenvalue weighted by Gasteiger charge is -2.16. The molecule has 0 bridgehead atoms. The van der Waals surface area contributed by atoms with Crippen LogP contribution in [0.2, 0.25) is 0 Å². The smallest absolute Gasteiger partial charge is 0.335 e. The fourth-order valence-electron chi connectivity index (χ4n) is 3.76. The third-order valence-electron chi connectivity index (χ3n) is 5.36. The van der Waals surface area contributed by atoms with Crippen LogP contribution in [0, 0.1) is 13.8 Å². The van der Waals surface area contributed by atoms with Crippen molar-refractivity contribution in [1.29, 1.82) is 0 Å². The largest absolute Gasteiger partial charge is 0.492 e. The van der Waals surface area contributed by atoms with Crippen molar-refractivity contribution in [3.63, 3.8) is 0 Å². The number of benzene rings is 2. The summed E-state index contributed by atoms with van der Waals surface area (Å²) in [4.78, 5) is 12.1. The molecule has 5 nitrogen and oxygen atoms in total. The summed E-state index contributed by atoms with van der Waals surface area (Å²) in [6.07, 6.45) is -0.0986. The van der Waals surface area contributed by atoms with Crippen LogP contribution < -0.4 is 4.74 Å². The van der Waals surface area contributed by atoms with Gasteiger partial charge in [0.05, 0.1) is 13.2 Å². The highest BCUT2D eigenvalue weighted by atomic mass is 16.6. The molecule has 1 aromatic heterocycles. The first-order valence-electron chi connectivity index (χ1n) is 11.2. The van der Waals surface area contributed by atoms with E-state index in [1.54, 1.807) is 6.92 Å². The maximum absolute atomic E-state index is 12.1. The highest BCUT2D eigenvalue weighted by Gasteiger charge is 2.20. The van der Waals surface area contributed by atoms with Gasteiger partial charge in [-0.05, 0) is 69.2 Å². The minimum atomic E-state index is -0.580. The van der Waals surface area contributed by atoms with Gasteiger partial charge in [-0.25, -0.2) is 4.79 Å². The van der Waals surface area contributed by atoms with E-state index in [9.17, 15) is 4.79 Å². The lowest BCUT2D eigenvalue weighted by molar-refractivity contribution is -0.156. The van der Waals surface area contributed by atoms with E-state index in [-0.39, 0.29) is 5.97 Å². The van der Waals surface area contributed by atoms with Crippen LogP contribution in [-0.2, 0) is 27.2 Å². The fourth-order valence-corrected chi connectivity index (χ4v) is 3.76. The Morgan fingerprint density at radius 3 is 2.44 bits per heavy atom. The zero-order valence-corrected chi connectivity index (χ0v) is 19.5. The Bertz CT molecular complexity index is 1010. The second-order valence-electron chi connectivity index (χ2n) is 7.77. The number of hydrogen-bond acceptors (Lipinski definition) is 4. The van der Waals surface area contributed by atoms with Crippen molar-refractivity contribution < 1.29 is 19.0 Å². The Morgan fingerprint density at radius 1 is 0.969 bits per heavy atom. The summed E-state index contributed by atoms with van der Waals surface area (Å²) >= 11 is 0. The van der Waals surface area contributed by atoms with Crippen LogP contribution in [0.5, 0.6) is 5.75 Å². The number of aromatic nitrogens is 1. The van der Waals surface area contributed by atoms with Gasteiger partial charge in [0.25, 0.3) is 0 Å². The lowest BCUT2D eigenvalue weighted by atomic mass is 10.1. The molecule has 1 unspecified atom stereocenters. The van der Waals surface area contributed by atoms with Crippen molar-refractivity contribution in [1.82, 2.24) is 4.57 Å². The van der Waals surface area contributed by atoms with Crippen LogP contribution in [0.1, 0.15) is 30.7 Å². The topological polar surface area (TPSA) is 49.7 Å². The molecular weight excluding hydrogens is 402 g/mol. The first kappa shape index (κ1) is 23.6. The summed E-state index contributed by atoms with van der Waals surface area (Å²) in [6.45, 7) is 10.0. The monoisotopic (exact) mass is 435 g/mol. The van der Waals surface area contributed by atoms with Gasteiger partial charge in [0.2, 0.25) is 0 Å². The summed E-state index contributed by atoms with van der Waals surface area (Å²) in [5, 5.41) is 0. The number of hydrogen-bond donors (Lipinski definition) is 0. The van der Waals surface area contributed by atoms with Crippen LogP contribution >= 0.6 is 0 Å². The third kappa shape index (κ3) is 6.24. The molecule has 1 heterocycles. The highest BCUT2D eigenvalue weighted by Crippen LogP contribution is 2.23. The van der Waals surface area contributed by atoms with Gasteiger partial charge < -0.3 is 18.8 Å². The molecule has 0 aliphatic heterocycles. The normalized spacial score (nSPS) is 11.9. The number of carbonyl (C=O) groups excluding carboxylic acids is 1. The molecule has 32 heavy (non-hydrogen) atoms. The first-order chi connectivity index (χ1) is 15.5. The fraction of sp³-hybridized carbons (Fsp3) is 0.370. The third-order valence-corrected chi connectivity index (χ3v) is 5.36. The predicted molar refractivity (Wildman–Crippen MR) is 127 cm³/mol. The molecule has 3 aromatic rings. The van der Waals surface area contributed by atoms with E-state index in [0.717, 1.165) is 17.9 Å². The maximum atomic E-state index is 12.1. The van der Waals surface area contributed by atoms with Gasteiger partial charge in [0.15, 0.2) is 6.10 Å². The molecule has 0 radical (unpaired) electrons. The number of aryl methyl sites for hydroxylation is 2. The summed E-state index contributed by atoms with van der Waals surface area (Å²) < 4.78 is 18.9. The Kier molecular flexibility index (Phi) is 8.51. The van der Waals surface area contributed by atoms with Crippen molar-refractivity contribution in [3.8, 4) is 17.0 Å².